The molecule has 0 radical (unpaired) electrons. The lowest BCUT2D eigenvalue weighted by Gasteiger charge is -2.36. The van der Waals surface area contributed by atoms with Gasteiger partial charge < -0.3 is 9.64 Å². The Hall–Kier alpha value is -2.00. The van der Waals surface area contributed by atoms with Crippen molar-refractivity contribution >= 4 is 29.5 Å². The summed E-state index contributed by atoms with van der Waals surface area (Å²) < 4.78 is 10.5. The molecule has 6 nitrogen and oxygen atoms in total. The maximum atomic E-state index is 5.85. The van der Waals surface area contributed by atoms with Crippen LogP contribution < -0.4 is 4.90 Å². The van der Waals surface area contributed by atoms with Crippen LogP contribution in [0.2, 0.25) is 0 Å². The Kier molecular flexibility index (Phi) is 5.73. The average molecular weight is 442 g/mol. The number of hydrogen-bond donors (Lipinski definition) is 0. The van der Waals surface area contributed by atoms with E-state index in [0.717, 1.165) is 56.5 Å². The number of ether oxygens (including phenoxy) is 1. The molecule has 1 fully saturated rings. The summed E-state index contributed by atoms with van der Waals surface area (Å²) in [4.78, 5) is 6.30. The molecular weight excluding hydrogens is 414 g/mol. The van der Waals surface area contributed by atoms with Crippen LogP contribution in [-0.2, 0) is 24.4 Å². The number of anilines is 1. The zero-order valence-electron chi connectivity index (χ0n) is 17.2. The Labute approximate surface area is 186 Å². The summed E-state index contributed by atoms with van der Waals surface area (Å²) in [5.74, 6) is 0.968. The first-order valence-electron chi connectivity index (χ1n) is 10.6. The van der Waals surface area contributed by atoms with E-state index in [9.17, 15) is 0 Å². The Balaban J connectivity index is 1.49. The number of thiophene rings is 1. The highest BCUT2D eigenvalue weighted by molar-refractivity contribution is 7.71. The quantitative estimate of drug-likeness (QED) is 0.561. The van der Waals surface area contributed by atoms with Crippen molar-refractivity contribution < 1.29 is 4.74 Å². The van der Waals surface area contributed by atoms with E-state index in [1.807, 2.05) is 16.0 Å². The fourth-order valence-electron chi connectivity index (χ4n) is 4.51. The lowest BCUT2D eigenvalue weighted by Crippen LogP contribution is -2.38. The third-order valence-electron chi connectivity index (χ3n) is 6.01. The van der Waals surface area contributed by atoms with Gasteiger partial charge in [0.15, 0.2) is 0 Å². The van der Waals surface area contributed by atoms with Gasteiger partial charge in [-0.15, -0.1) is 16.4 Å². The Bertz CT molecular complexity index is 1050. The standard InChI is InChI=1S/C22H27N5OS2/c1-2-26-21(24-11-13-28-14-12-24)23-27(22(26)29)16-25-10-8-19-18(9-15-30-19)20(25)17-6-4-3-5-7-17/h3-7,9,15,20H,2,8,10-14,16H2,1H3. The molecule has 30 heavy (non-hydrogen) atoms. The second-order valence-corrected chi connectivity index (χ2v) is 9.11. The van der Waals surface area contributed by atoms with E-state index < -0.39 is 0 Å². The van der Waals surface area contributed by atoms with E-state index in [1.54, 1.807) is 0 Å². The van der Waals surface area contributed by atoms with Crippen molar-refractivity contribution in [1.29, 1.82) is 0 Å². The molecule has 4 heterocycles. The molecule has 1 saturated heterocycles. The van der Waals surface area contributed by atoms with Gasteiger partial charge in [0, 0.05) is 31.1 Å². The summed E-state index contributed by atoms with van der Waals surface area (Å²) in [6.07, 6.45) is 1.08. The molecule has 3 aromatic rings. The third kappa shape index (κ3) is 3.62. The van der Waals surface area contributed by atoms with Crippen molar-refractivity contribution in [3.05, 3.63) is 62.6 Å². The van der Waals surface area contributed by atoms with Crippen LogP contribution >= 0.6 is 23.6 Å². The highest BCUT2D eigenvalue weighted by Crippen LogP contribution is 2.38. The lowest BCUT2D eigenvalue weighted by atomic mass is 9.94. The summed E-state index contributed by atoms with van der Waals surface area (Å²) in [5.41, 5.74) is 2.75. The molecule has 0 N–H and O–H groups in total. The van der Waals surface area contributed by atoms with Crippen molar-refractivity contribution in [2.24, 2.45) is 0 Å². The molecule has 0 aliphatic carbocycles. The smallest absolute Gasteiger partial charge is 0.226 e. The first kappa shape index (κ1) is 19.9. The largest absolute Gasteiger partial charge is 0.378 e. The van der Waals surface area contributed by atoms with E-state index in [4.69, 9.17) is 22.1 Å². The maximum absolute atomic E-state index is 5.85. The van der Waals surface area contributed by atoms with Gasteiger partial charge in [0.1, 0.15) is 0 Å². The van der Waals surface area contributed by atoms with Crippen molar-refractivity contribution in [2.75, 3.05) is 37.7 Å². The lowest BCUT2D eigenvalue weighted by molar-refractivity contribution is 0.121. The summed E-state index contributed by atoms with van der Waals surface area (Å²) in [7, 11) is 0. The highest BCUT2D eigenvalue weighted by Gasteiger charge is 2.30. The van der Waals surface area contributed by atoms with Gasteiger partial charge in [-0.2, -0.15) is 0 Å². The predicted molar refractivity (Wildman–Crippen MR) is 123 cm³/mol. The van der Waals surface area contributed by atoms with Crippen molar-refractivity contribution in [1.82, 2.24) is 19.2 Å². The summed E-state index contributed by atoms with van der Waals surface area (Å²) in [5, 5.41) is 7.20. The van der Waals surface area contributed by atoms with Gasteiger partial charge in [-0.05, 0) is 48.1 Å². The van der Waals surface area contributed by atoms with Crippen LogP contribution in [0.1, 0.15) is 29.0 Å². The number of hydrogen-bond acceptors (Lipinski definition) is 6. The molecule has 5 rings (SSSR count). The Morgan fingerprint density at radius 2 is 1.93 bits per heavy atom. The van der Waals surface area contributed by atoms with Gasteiger partial charge in [-0.25, -0.2) is 4.68 Å². The van der Waals surface area contributed by atoms with Crippen LogP contribution in [0.15, 0.2) is 41.8 Å². The fourth-order valence-corrected chi connectivity index (χ4v) is 5.73. The van der Waals surface area contributed by atoms with Gasteiger partial charge in [-0.1, -0.05) is 30.3 Å². The average Bonchev–Trinajstić information content (AvgIpc) is 3.39. The number of benzene rings is 1. The van der Waals surface area contributed by atoms with Crippen molar-refractivity contribution in [3.8, 4) is 0 Å². The molecule has 0 spiro atoms. The van der Waals surface area contributed by atoms with E-state index in [1.165, 1.54) is 16.0 Å². The minimum Gasteiger partial charge on any atom is -0.378 e. The van der Waals surface area contributed by atoms with Crippen LogP contribution in [0.3, 0.4) is 0 Å². The number of morpholine rings is 1. The SMILES string of the molecule is CCn1c(N2CCOCC2)nn(CN2CCc3sccc3C2c2ccccc2)c1=S. The normalized spacial score (nSPS) is 19.8. The Morgan fingerprint density at radius 3 is 2.70 bits per heavy atom. The number of nitrogens with zero attached hydrogens (tertiary/aromatic N) is 5. The first-order valence-corrected chi connectivity index (χ1v) is 11.9. The van der Waals surface area contributed by atoms with Crippen LogP contribution in [0.5, 0.6) is 0 Å². The monoisotopic (exact) mass is 441 g/mol. The topological polar surface area (TPSA) is 38.5 Å². The molecule has 0 amide bonds. The molecule has 1 unspecified atom stereocenters. The molecule has 2 aliphatic rings. The fraction of sp³-hybridized carbons (Fsp3) is 0.455. The van der Waals surface area contributed by atoms with Crippen LogP contribution in [-0.4, -0.2) is 52.1 Å². The highest BCUT2D eigenvalue weighted by atomic mass is 32.1. The second kappa shape index (κ2) is 8.63. The summed E-state index contributed by atoms with van der Waals surface area (Å²) in [6, 6.07) is 13.3. The predicted octanol–water partition coefficient (Wildman–Crippen LogP) is 3.94. The zero-order chi connectivity index (χ0) is 20.5. The minimum absolute atomic E-state index is 0.238. The molecule has 0 bridgehead atoms. The molecule has 1 aromatic carbocycles. The molecule has 0 saturated carbocycles. The van der Waals surface area contributed by atoms with Gasteiger partial charge >= 0.3 is 0 Å². The van der Waals surface area contributed by atoms with E-state index in [2.05, 4.69) is 63.1 Å². The van der Waals surface area contributed by atoms with Crippen molar-refractivity contribution in [3.63, 3.8) is 0 Å². The van der Waals surface area contributed by atoms with Crippen LogP contribution in [0, 0.1) is 4.77 Å². The number of aromatic nitrogens is 3. The minimum atomic E-state index is 0.238. The van der Waals surface area contributed by atoms with Gasteiger partial charge in [0.05, 0.1) is 25.9 Å². The van der Waals surface area contributed by atoms with Gasteiger partial charge in [0.2, 0.25) is 10.7 Å². The summed E-state index contributed by atoms with van der Waals surface area (Å²) in [6.45, 7) is 7.86. The maximum Gasteiger partial charge on any atom is 0.226 e. The number of rotatable bonds is 5. The van der Waals surface area contributed by atoms with E-state index in [-0.39, 0.29) is 6.04 Å². The van der Waals surface area contributed by atoms with Crippen molar-refractivity contribution in [2.45, 2.75) is 32.6 Å². The molecule has 1 atom stereocenters. The van der Waals surface area contributed by atoms with E-state index >= 15 is 0 Å². The van der Waals surface area contributed by atoms with Gasteiger partial charge in [-0.3, -0.25) is 9.47 Å². The summed E-state index contributed by atoms with van der Waals surface area (Å²) >= 11 is 7.72. The third-order valence-corrected chi connectivity index (χ3v) is 7.44. The first-order chi connectivity index (χ1) is 14.8. The molecule has 2 aliphatic heterocycles. The zero-order valence-corrected chi connectivity index (χ0v) is 18.9. The molecular formula is C22H27N5OS2. The Morgan fingerprint density at radius 1 is 1.13 bits per heavy atom. The molecule has 158 valence electrons. The van der Waals surface area contributed by atoms with E-state index in [0.29, 0.717) is 6.67 Å². The molecule has 2 aromatic heterocycles. The molecule has 8 heteroatoms. The number of fused-ring (bicyclic) bond motifs is 1. The second-order valence-electron chi connectivity index (χ2n) is 7.74. The van der Waals surface area contributed by atoms with Crippen LogP contribution in [0.4, 0.5) is 5.95 Å². The van der Waals surface area contributed by atoms with Gasteiger partial charge in [0.25, 0.3) is 0 Å². The van der Waals surface area contributed by atoms with Crippen LogP contribution in [0.25, 0.3) is 0 Å².